The van der Waals surface area contributed by atoms with Gasteiger partial charge in [0.05, 0.1) is 28.1 Å². The molecule has 1 fully saturated rings. The van der Waals surface area contributed by atoms with Crippen LogP contribution < -0.4 is 5.32 Å². The summed E-state index contributed by atoms with van der Waals surface area (Å²) in [5.74, 6) is -4.59. The molecule has 5 nitrogen and oxygen atoms in total. The number of nitrogens with zero attached hydrogens (tertiary/aromatic N) is 1. The number of nitrogens with one attached hydrogen (secondary N) is 1. The zero-order valence-corrected chi connectivity index (χ0v) is 25.4. The van der Waals surface area contributed by atoms with Crippen LogP contribution in [-0.2, 0) is 36.7 Å². The fraction of sp³-hybridized carbons (Fsp3) is 0.206. The highest BCUT2D eigenvalue weighted by Crippen LogP contribution is 2.69. The van der Waals surface area contributed by atoms with Gasteiger partial charge in [0.2, 0.25) is 17.7 Å². The number of benzene rings is 4. The summed E-state index contributed by atoms with van der Waals surface area (Å²) in [6.07, 6.45) is -4.82. The predicted octanol–water partition coefficient (Wildman–Crippen LogP) is 7.50. The van der Waals surface area contributed by atoms with Crippen molar-refractivity contribution in [3.63, 3.8) is 0 Å². The lowest BCUT2D eigenvalue weighted by molar-refractivity contribution is -0.146. The number of likely N-dealkylation sites (tertiary alicyclic amines) is 1. The summed E-state index contributed by atoms with van der Waals surface area (Å²) in [5.41, 5.74) is 1.68. The van der Waals surface area contributed by atoms with Crippen molar-refractivity contribution in [2.45, 2.75) is 28.4 Å². The summed E-state index contributed by atoms with van der Waals surface area (Å²) < 4.78 is 40.5. The van der Waals surface area contributed by atoms with E-state index < -0.39 is 57.1 Å². The Morgan fingerprint density at radius 1 is 0.778 bits per heavy atom. The van der Waals surface area contributed by atoms with Crippen molar-refractivity contribution < 1.29 is 27.6 Å². The number of carbonyl (C=O) groups excluding carboxylic acids is 3. The molecule has 2 bridgehead atoms. The molecule has 0 aromatic heterocycles. The highest BCUT2D eigenvalue weighted by molar-refractivity contribution is 6.36. The smallest absolute Gasteiger partial charge is 0.323 e. The number of rotatable bonds is 5. The number of anilines is 1. The molecule has 3 atom stereocenters. The molecule has 0 spiro atoms. The van der Waals surface area contributed by atoms with E-state index in [-0.39, 0.29) is 17.1 Å². The maximum Gasteiger partial charge on any atom is 0.416 e. The standard InChI is InChI=1S/C34H22Cl3F3N2O3/c35-24-15-14-19(34(38,39)40)17-25(24)41-29(43)26(16-18-8-2-1-3-9-18)42-30(44)27-28(31(42)45)33(37)21-11-5-4-10-20(21)32(27,36)22-12-6-7-13-23(22)33/h1-15,17,26-28H,16H2,(H,41,43)/t26-,27+,28+,32?,33?/m0/s1. The highest BCUT2D eigenvalue weighted by Gasteiger charge is 2.73. The van der Waals surface area contributed by atoms with E-state index >= 15 is 0 Å². The number of halogens is 6. The van der Waals surface area contributed by atoms with Gasteiger partial charge in [0, 0.05) is 6.42 Å². The van der Waals surface area contributed by atoms with Crippen LogP contribution in [0.3, 0.4) is 0 Å². The molecule has 3 amide bonds. The van der Waals surface area contributed by atoms with Crippen LogP contribution in [0.2, 0.25) is 5.02 Å². The van der Waals surface area contributed by atoms with Gasteiger partial charge in [0.25, 0.3) is 0 Å². The van der Waals surface area contributed by atoms with Crippen LogP contribution in [0.25, 0.3) is 0 Å². The van der Waals surface area contributed by atoms with E-state index in [1.165, 1.54) is 0 Å². The van der Waals surface area contributed by atoms with Crippen molar-refractivity contribution in [1.82, 2.24) is 4.90 Å². The number of amides is 3. The third-order valence-corrected chi connectivity index (χ3v) is 10.7. The average molecular weight is 670 g/mol. The van der Waals surface area contributed by atoms with Gasteiger partial charge in [-0.25, -0.2) is 0 Å². The van der Waals surface area contributed by atoms with Gasteiger partial charge >= 0.3 is 6.18 Å². The number of imide groups is 1. The first-order chi connectivity index (χ1) is 21.4. The second-order valence-electron chi connectivity index (χ2n) is 11.4. The molecular formula is C34H22Cl3F3N2O3. The minimum absolute atomic E-state index is 0.120. The first-order valence-electron chi connectivity index (χ1n) is 14.0. The Morgan fingerprint density at radius 3 is 1.71 bits per heavy atom. The average Bonchev–Trinajstić information content (AvgIpc) is 3.30. The Morgan fingerprint density at radius 2 is 1.24 bits per heavy atom. The monoisotopic (exact) mass is 668 g/mol. The van der Waals surface area contributed by atoms with Crippen molar-refractivity contribution in [3.05, 3.63) is 135 Å². The number of hydrogen-bond acceptors (Lipinski definition) is 3. The molecule has 1 heterocycles. The molecule has 1 N–H and O–H groups in total. The van der Waals surface area contributed by atoms with Crippen LogP contribution in [0.5, 0.6) is 0 Å². The molecule has 0 radical (unpaired) electrons. The highest BCUT2D eigenvalue weighted by atomic mass is 35.5. The summed E-state index contributed by atoms with van der Waals surface area (Å²) >= 11 is 21.2. The van der Waals surface area contributed by atoms with Gasteiger partial charge in [0.1, 0.15) is 15.8 Å². The van der Waals surface area contributed by atoms with Gasteiger partial charge in [-0.1, -0.05) is 90.5 Å². The number of carbonyl (C=O) groups is 3. The normalized spacial score (nSPS) is 25.4. The third kappa shape index (κ3) is 4.26. The van der Waals surface area contributed by atoms with Crippen molar-refractivity contribution in [1.29, 1.82) is 0 Å². The van der Waals surface area contributed by atoms with Crippen LogP contribution in [0, 0.1) is 11.8 Å². The van der Waals surface area contributed by atoms with Crippen molar-refractivity contribution in [3.8, 4) is 0 Å². The van der Waals surface area contributed by atoms with E-state index in [9.17, 15) is 27.6 Å². The quantitative estimate of drug-likeness (QED) is 0.177. The second kappa shape index (κ2) is 10.3. The Kier molecular flexibility index (Phi) is 6.86. The van der Waals surface area contributed by atoms with E-state index in [0.717, 1.165) is 17.0 Å². The SMILES string of the molecule is O=C(Nc1cc(C(F)(F)F)ccc1Cl)[C@H](Cc1ccccc1)N1C(=O)[C@H]2[C@H](C1=O)C1(Cl)c3ccccc3C2(Cl)c2ccccc21. The summed E-state index contributed by atoms with van der Waals surface area (Å²) in [6.45, 7) is 0. The Hall–Kier alpha value is -3.85. The Labute approximate surface area is 270 Å². The summed E-state index contributed by atoms with van der Waals surface area (Å²) in [5, 5.41) is 2.30. The minimum atomic E-state index is -4.70. The summed E-state index contributed by atoms with van der Waals surface area (Å²) in [4.78, 5) is 41.1. The zero-order valence-electron chi connectivity index (χ0n) is 23.1. The van der Waals surface area contributed by atoms with Gasteiger partial charge in [-0.2, -0.15) is 13.2 Å². The van der Waals surface area contributed by atoms with Crippen molar-refractivity contribution in [2.75, 3.05) is 5.32 Å². The summed E-state index contributed by atoms with van der Waals surface area (Å²) in [7, 11) is 0. The van der Waals surface area contributed by atoms with Gasteiger partial charge < -0.3 is 5.32 Å². The Bertz CT molecular complexity index is 1780. The number of hydrogen-bond donors (Lipinski definition) is 1. The van der Waals surface area contributed by atoms with E-state index in [1.807, 2.05) is 0 Å². The molecule has 45 heavy (non-hydrogen) atoms. The first-order valence-corrected chi connectivity index (χ1v) is 15.2. The molecule has 8 rings (SSSR count). The fourth-order valence-corrected chi connectivity index (χ4v) is 8.41. The maximum atomic E-state index is 14.6. The van der Waals surface area contributed by atoms with Gasteiger partial charge in [-0.05, 0) is 46.0 Å². The molecule has 3 aliphatic carbocycles. The molecule has 1 aliphatic heterocycles. The van der Waals surface area contributed by atoms with E-state index in [0.29, 0.717) is 33.9 Å². The molecule has 4 aliphatic rings. The van der Waals surface area contributed by atoms with E-state index in [4.69, 9.17) is 34.8 Å². The van der Waals surface area contributed by atoms with Gasteiger partial charge in [0.15, 0.2) is 0 Å². The van der Waals surface area contributed by atoms with Crippen molar-refractivity contribution >= 4 is 58.2 Å². The Balaban J connectivity index is 1.35. The lowest BCUT2D eigenvalue weighted by Gasteiger charge is -2.54. The lowest BCUT2D eigenvalue weighted by atomic mass is 9.54. The zero-order chi connectivity index (χ0) is 31.9. The molecule has 0 saturated carbocycles. The topological polar surface area (TPSA) is 66.5 Å². The van der Waals surface area contributed by atoms with Crippen LogP contribution >= 0.6 is 34.8 Å². The molecule has 11 heteroatoms. The number of alkyl halides is 5. The molecule has 228 valence electrons. The maximum absolute atomic E-state index is 14.6. The molecular weight excluding hydrogens is 648 g/mol. The second-order valence-corrected chi connectivity index (χ2v) is 13.0. The van der Waals surface area contributed by atoms with Crippen LogP contribution in [0.15, 0.2) is 97.1 Å². The van der Waals surface area contributed by atoms with Crippen LogP contribution in [-0.4, -0.2) is 28.7 Å². The molecule has 4 aromatic carbocycles. The largest absolute Gasteiger partial charge is 0.416 e. The van der Waals surface area contributed by atoms with E-state index in [2.05, 4.69) is 5.32 Å². The fourth-order valence-electron chi connectivity index (χ4n) is 7.15. The molecule has 1 saturated heterocycles. The van der Waals surface area contributed by atoms with Gasteiger partial charge in [-0.3, -0.25) is 19.3 Å². The van der Waals surface area contributed by atoms with E-state index in [1.54, 1.807) is 78.9 Å². The third-order valence-electron chi connectivity index (χ3n) is 9.06. The van der Waals surface area contributed by atoms with Gasteiger partial charge in [-0.15, -0.1) is 23.2 Å². The lowest BCUT2D eigenvalue weighted by Crippen LogP contribution is -2.57. The minimum Gasteiger partial charge on any atom is -0.323 e. The van der Waals surface area contributed by atoms with Crippen LogP contribution in [0.1, 0.15) is 33.4 Å². The predicted molar refractivity (Wildman–Crippen MR) is 164 cm³/mol. The van der Waals surface area contributed by atoms with Crippen LogP contribution in [0.4, 0.5) is 18.9 Å². The molecule has 4 aromatic rings. The first kappa shape index (κ1) is 29.8. The van der Waals surface area contributed by atoms with Crippen molar-refractivity contribution in [2.24, 2.45) is 11.8 Å². The molecule has 0 unspecified atom stereocenters. The summed E-state index contributed by atoms with van der Waals surface area (Å²) in [6, 6.07) is 24.0.